The van der Waals surface area contributed by atoms with Crippen molar-refractivity contribution in [3.63, 3.8) is 0 Å². The van der Waals surface area contributed by atoms with Crippen LogP contribution < -0.4 is 5.32 Å². The standard InChI is InChI=1S/C24H30N2O3/c1-18(2)23(20-11-7-4-8-12-20)24(28)26-14-13-21(26)15-25-22(27)17-29-16-19-9-5-3-6-10-19/h3-12,18,21,23H,13-17H2,1-2H3,(H,25,27). The molecule has 2 amide bonds. The number of carbonyl (C=O) groups is 2. The average Bonchev–Trinajstić information content (AvgIpc) is 2.69. The molecule has 0 radical (unpaired) electrons. The van der Waals surface area contributed by atoms with Crippen molar-refractivity contribution in [3.8, 4) is 0 Å². The molecule has 1 aliphatic rings. The molecule has 2 unspecified atom stereocenters. The fourth-order valence-electron chi connectivity index (χ4n) is 3.71. The monoisotopic (exact) mass is 394 g/mol. The molecule has 1 N–H and O–H groups in total. The molecule has 3 rings (SSSR count). The molecule has 5 nitrogen and oxygen atoms in total. The number of nitrogens with zero attached hydrogens (tertiary/aromatic N) is 1. The van der Waals surface area contributed by atoms with Gasteiger partial charge in [0, 0.05) is 13.1 Å². The molecule has 1 heterocycles. The van der Waals surface area contributed by atoms with E-state index in [9.17, 15) is 9.59 Å². The number of amides is 2. The Morgan fingerprint density at radius 3 is 2.31 bits per heavy atom. The van der Waals surface area contributed by atoms with Crippen LogP contribution in [0.15, 0.2) is 60.7 Å². The Balaban J connectivity index is 1.46. The normalized spacial score (nSPS) is 16.9. The highest BCUT2D eigenvalue weighted by Crippen LogP contribution is 2.30. The highest BCUT2D eigenvalue weighted by Gasteiger charge is 2.37. The smallest absolute Gasteiger partial charge is 0.246 e. The van der Waals surface area contributed by atoms with E-state index in [1.54, 1.807) is 0 Å². The van der Waals surface area contributed by atoms with Crippen molar-refractivity contribution in [3.05, 3.63) is 71.8 Å². The average molecular weight is 395 g/mol. The molecule has 2 aromatic rings. The second-order valence-electron chi connectivity index (χ2n) is 7.89. The molecule has 0 saturated carbocycles. The largest absolute Gasteiger partial charge is 0.367 e. The minimum Gasteiger partial charge on any atom is -0.367 e. The molecular weight excluding hydrogens is 364 g/mol. The van der Waals surface area contributed by atoms with Crippen molar-refractivity contribution >= 4 is 11.8 Å². The van der Waals surface area contributed by atoms with Gasteiger partial charge in [0.2, 0.25) is 11.8 Å². The number of hydrogen-bond donors (Lipinski definition) is 1. The lowest BCUT2D eigenvalue weighted by Gasteiger charge is -2.43. The lowest BCUT2D eigenvalue weighted by molar-refractivity contribution is -0.142. The van der Waals surface area contributed by atoms with Gasteiger partial charge in [-0.15, -0.1) is 0 Å². The van der Waals surface area contributed by atoms with Crippen molar-refractivity contribution in [2.24, 2.45) is 5.92 Å². The van der Waals surface area contributed by atoms with E-state index in [1.807, 2.05) is 65.6 Å². The Morgan fingerprint density at radius 2 is 1.72 bits per heavy atom. The highest BCUT2D eigenvalue weighted by atomic mass is 16.5. The molecule has 154 valence electrons. The van der Waals surface area contributed by atoms with Crippen LogP contribution >= 0.6 is 0 Å². The Kier molecular flexibility index (Phi) is 7.42. The van der Waals surface area contributed by atoms with E-state index >= 15 is 0 Å². The Labute approximate surface area is 173 Å². The van der Waals surface area contributed by atoms with E-state index in [2.05, 4.69) is 19.2 Å². The predicted octanol–water partition coefficient (Wildman–Crippen LogP) is 3.36. The first-order valence-electron chi connectivity index (χ1n) is 10.3. The summed E-state index contributed by atoms with van der Waals surface area (Å²) in [6.45, 7) is 5.81. The number of benzene rings is 2. The number of hydrogen-bond acceptors (Lipinski definition) is 3. The first-order valence-corrected chi connectivity index (χ1v) is 10.3. The van der Waals surface area contributed by atoms with Gasteiger partial charge in [-0.2, -0.15) is 0 Å². The van der Waals surface area contributed by atoms with E-state index in [0.717, 1.165) is 24.1 Å². The Hall–Kier alpha value is -2.66. The number of ether oxygens (including phenoxy) is 1. The van der Waals surface area contributed by atoms with Crippen LogP contribution in [0.3, 0.4) is 0 Å². The molecule has 5 heteroatoms. The minimum atomic E-state index is -0.149. The second-order valence-corrected chi connectivity index (χ2v) is 7.89. The third kappa shape index (κ3) is 5.67. The first-order chi connectivity index (χ1) is 14.1. The lowest BCUT2D eigenvalue weighted by atomic mass is 9.85. The van der Waals surface area contributed by atoms with Crippen molar-refractivity contribution in [2.75, 3.05) is 19.7 Å². The topological polar surface area (TPSA) is 58.6 Å². The predicted molar refractivity (Wildman–Crippen MR) is 113 cm³/mol. The molecule has 0 aliphatic carbocycles. The van der Waals surface area contributed by atoms with Crippen LogP contribution in [0.25, 0.3) is 0 Å². The van der Waals surface area contributed by atoms with Gasteiger partial charge in [-0.25, -0.2) is 0 Å². The van der Waals surface area contributed by atoms with Gasteiger partial charge in [0.25, 0.3) is 0 Å². The van der Waals surface area contributed by atoms with Gasteiger partial charge in [0.1, 0.15) is 6.61 Å². The van der Waals surface area contributed by atoms with Crippen LogP contribution in [-0.4, -0.2) is 42.5 Å². The number of likely N-dealkylation sites (tertiary alicyclic amines) is 1. The van der Waals surface area contributed by atoms with E-state index in [1.165, 1.54) is 0 Å². The van der Waals surface area contributed by atoms with Gasteiger partial charge in [0.05, 0.1) is 18.6 Å². The molecule has 0 aromatic heterocycles. The molecule has 1 saturated heterocycles. The molecule has 0 spiro atoms. The zero-order valence-electron chi connectivity index (χ0n) is 17.2. The van der Waals surface area contributed by atoms with E-state index in [-0.39, 0.29) is 36.3 Å². The second kappa shape index (κ2) is 10.2. The summed E-state index contributed by atoms with van der Waals surface area (Å²) in [5.41, 5.74) is 2.09. The summed E-state index contributed by atoms with van der Waals surface area (Å²) in [5.74, 6) is 0.0664. The van der Waals surface area contributed by atoms with E-state index < -0.39 is 0 Å². The summed E-state index contributed by atoms with van der Waals surface area (Å²) < 4.78 is 5.47. The van der Waals surface area contributed by atoms with Crippen molar-refractivity contribution in [2.45, 2.75) is 38.8 Å². The van der Waals surface area contributed by atoms with Crippen LogP contribution in [0.2, 0.25) is 0 Å². The molecule has 0 bridgehead atoms. The van der Waals surface area contributed by atoms with Crippen molar-refractivity contribution in [1.82, 2.24) is 10.2 Å². The third-order valence-electron chi connectivity index (χ3n) is 5.40. The fourth-order valence-corrected chi connectivity index (χ4v) is 3.71. The Morgan fingerprint density at radius 1 is 1.07 bits per heavy atom. The maximum Gasteiger partial charge on any atom is 0.246 e. The molecular formula is C24H30N2O3. The summed E-state index contributed by atoms with van der Waals surface area (Å²) in [5, 5.41) is 2.91. The van der Waals surface area contributed by atoms with Gasteiger partial charge >= 0.3 is 0 Å². The van der Waals surface area contributed by atoms with E-state index in [4.69, 9.17) is 4.74 Å². The summed E-state index contributed by atoms with van der Waals surface area (Å²) in [6, 6.07) is 19.8. The third-order valence-corrected chi connectivity index (χ3v) is 5.40. The van der Waals surface area contributed by atoms with Crippen LogP contribution in [0.4, 0.5) is 0 Å². The maximum atomic E-state index is 13.1. The Bertz CT molecular complexity index is 792. The lowest BCUT2D eigenvalue weighted by Crippen LogP contribution is -2.57. The zero-order chi connectivity index (χ0) is 20.6. The molecule has 2 atom stereocenters. The summed E-state index contributed by atoms with van der Waals surface area (Å²) >= 11 is 0. The highest BCUT2D eigenvalue weighted by molar-refractivity contribution is 5.85. The minimum absolute atomic E-state index is 0.0220. The molecule has 2 aromatic carbocycles. The van der Waals surface area contributed by atoms with Gasteiger partial charge < -0.3 is 15.0 Å². The van der Waals surface area contributed by atoms with Crippen LogP contribution in [0, 0.1) is 5.92 Å². The summed E-state index contributed by atoms with van der Waals surface area (Å²) in [4.78, 5) is 27.1. The van der Waals surface area contributed by atoms with Crippen molar-refractivity contribution in [1.29, 1.82) is 0 Å². The van der Waals surface area contributed by atoms with Crippen LogP contribution in [-0.2, 0) is 20.9 Å². The van der Waals surface area contributed by atoms with Gasteiger partial charge in [-0.05, 0) is 23.5 Å². The van der Waals surface area contributed by atoms with Crippen LogP contribution in [0.5, 0.6) is 0 Å². The first kappa shape index (κ1) is 21.1. The number of carbonyl (C=O) groups excluding carboxylic acids is 2. The van der Waals surface area contributed by atoms with Crippen molar-refractivity contribution < 1.29 is 14.3 Å². The SMILES string of the molecule is CC(C)C(C(=O)N1CCC1CNC(=O)COCc1ccccc1)c1ccccc1. The quantitative estimate of drug-likeness (QED) is 0.710. The molecule has 29 heavy (non-hydrogen) atoms. The fraction of sp³-hybridized carbons (Fsp3) is 0.417. The van der Waals surface area contributed by atoms with Gasteiger partial charge in [-0.3, -0.25) is 9.59 Å². The molecule has 1 aliphatic heterocycles. The summed E-state index contributed by atoms with van der Waals surface area (Å²) in [6.07, 6.45) is 0.913. The summed E-state index contributed by atoms with van der Waals surface area (Å²) in [7, 11) is 0. The molecule has 1 fully saturated rings. The van der Waals surface area contributed by atoms with E-state index in [0.29, 0.717) is 13.2 Å². The van der Waals surface area contributed by atoms with Crippen LogP contribution in [0.1, 0.15) is 37.3 Å². The van der Waals surface area contributed by atoms with Gasteiger partial charge in [0.15, 0.2) is 0 Å². The van der Waals surface area contributed by atoms with Gasteiger partial charge in [-0.1, -0.05) is 74.5 Å². The zero-order valence-corrected chi connectivity index (χ0v) is 17.2. The number of rotatable bonds is 9. The number of nitrogens with one attached hydrogen (secondary N) is 1. The maximum absolute atomic E-state index is 13.1.